The van der Waals surface area contributed by atoms with Crippen LogP contribution in [0.3, 0.4) is 0 Å². The fraction of sp³-hybridized carbons (Fsp3) is 0.172. The first-order chi connectivity index (χ1) is 17.5. The van der Waals surface area contributed by atoms with Gasteiger partial charge in [-0.15, -0.1) is 0 Å². The van der Waals surface area contributed by atoms with Crippen molar-refractivity contribution >= 4 is 39.8 Å². The highest BCUT2D eigenvalue weighted by Gasteiger charge is 2.35. The van der Waals surface area contributed by atoms with Gasteiger partial charge < -0.3 is 14.0 Å². The van der Waals surface area contributed by atoms with Crippen molar-refractivity contribution < 1.29 is 19.1 Å². The van der Waals surface area contributed by atoms with Gasteiger partial charge in [0.05, 0.1) is 11.4 Å². The SMILES string of the molecule is Cc1cc(/C=C2\SC(=O)N(Cc3ccc4ccccc4c3)C2=O)c(C)n1-c1ccc2c(c1)OCCO2. The number of aromatic nitrogens is 1. The van der Waals surface area contributed by atoms with Crippen molar-refractivity contribution in [1.29, 1.82) is 0 Å². The number of hydrogen-bond donors (Lipinski definition) is 0. The molecular formula is C29H24N2O4S. The van der Waals surface area contributed by atoms with Gasteiger partial charge >= 0.3 is 0 Å². The van der Waals surface area contributed by atoms with Crippen molar-refractivity contribution in [3.63, 3.8) is 0 Å². The number of ether oxygens (including phenoxy) is 2. The van der Waals surface area contributed by atoms with Crippen LogP contribution in [0.25, 0.3) is 22.5 Å². The molecule has 0 saturated carbocycles. The van der Waals surface area contributed by atoms with Crippen molar-refractivity contribution in [3.8, 4) is 17.2 Å². The lowest BCUT2D eigenvalue weighted by Gasteiger charge is -2.20. The summed E-state index contributed by atoms with van der Waals surface area (Å²) in [6.45, 7) is 5.36. The van der Waals surface area contributed by atoms with Crippen LogP contribution in [0.2, 0.25) is 0 Å². The van der Waals surface area contributed by atoms with Gasteiger partial charge in [-0.25, -0.2) is 0 Å². The van der Waals surface area contributed by atoms with Gasteiger partial charge in [0, 0.05) is 23.1 Å². The van der Waals surface area contributed by atoms with Crippen LogP contribution in [0.4, 0.5) is 4.79 Å². The molecule has 0 radical (unpaired) electrons. The zero-order chi connectivity index (χ0) is 24.8. The Morgan fingerprint density at radius 2 is 1.67 bits per heavy atom. The van der Waals surface area contributed by atoms with E-state index in [1.165, 1.54) is 4.90 Å². The summed E-state index contributed by atoms with van der Waals surface area (Å²) in [4.78, 5) is 27.7. The Morgan fingerprint density at radius 1 is 0.889 bits per heavy atom. The summed E-state index contributed by atoms with van der Waals surface area (Å²) in [7, 11) is 0. The van der Waals surface area contributed by atoms with Crippen molar-refractivity contribution in [2.24, 2.45) is 0 Å². The number of amides is 2. The van der Waals surface area contributed by atoms with Crippen molar-refractivity contribution in [3.05, 3.63) is 94.1 Å². The van der Waals surface area contributed by atoms with Crippen LogP contribution in [0.1, 0.15) is 22.5 Å². The minimum absolute atomic E-state index is 0.250. The fourth-order valence-corrected chi connectivity index (χ4v) is 5.63. The number of carbonyl (C=O) groups is 2. The van der Waals surface area contributed by atoms with Crippen LogP contribution in [0.5, 0.6) is 11.5 Å². The summed E-state index contributed by atoms with van der Waals surface area (Å²) in [5.41, 5.74) is 4.78. The van der Waals surface area contributed by atoms with Gasteiger partial charge in [-0.05, 0) is 77.9 Å². The minimum Gasteiger partial charge on any atom is -0.486 e. The molecule has 0 atom stereocenters. The van der Waals surface area contributed by atoms with E-state index in [0.717, 1.165) is 62.2 Å². The summed E-state index contributed by atoms with van der Waals surface area (Å²) >= 11 is 0.990. The van der Waals surface area contributed by atoms with E-state index in [4.69, 9.17) is 9.47 Å². The highest BCUT2D eigenvalue weighted by molar-refractivity contribution is 8.18. The van der Waals surface area contributed by atoms with Gasteiger partial charge in [0.15, 0.2) is 11.5 Å². The highest BCUT2D eigenvalue weighted by atomic mass is 32.2. The van der Waals surface area contributed by atoms with Gasteiger partial charge in [0.1, 0.15) is 13.2 Å². The average Bonchev–Trinajstić information content (AvgIpc) is 3.32. The molecule has 1 aromatic heterocycles. The van der Waals surface area contributed by atoms with Crippen molar-refractivity contribution in [2.45, 2.75) is 20.4 Å². The molecule has 2 aliphatic rings. The molecule has 2 amide bonds. The number of nitrogens with zero attached hydrogens (tertiary/aromatic N) is 2. The number of fused-ring (bicyclic) bond motifs is 2. The standard InChI is InChI=1S/C29H24N2O4S/c1-18-13-23(19(2)31(18)24-9-10-25-26(16-24)35-12-11-34-25)15-27-28(32)30(29(33)36-27)17-20-7-8-21-5-3-4-6-22(21)14-20/h3-10,13-16H,11-12,17H2,1-2H3/b27-15-. The number of carbonyl (C=O) groups excluding carboxylic acids is 2. The Kier molecular flexibility index (Phi) is 5.57. The molecule has 36 heavy (non-hydrogen) atoms. The number of hydrogen-bond acceptors (Lipinski definition) is 5. The molecule has 0 spiro atoms. The molecule has 3 heterocycles. The summed E-state index contributed by atoms with van der Waals surface area (Å²) in [5.74, 6) is 1.21. The second-order valence-corrected chi connectivity index (χ2v) is 9.93. The molecule has 6 nitrogen and oxygen atoms in total. The molecular weight excluding hydrogens is 472 g/mol. The van der Waals surface area contributed by atoms with E-state index in [-0.39, 0.29) is 17.7 Å². The Hall–Kier alpha value is -3.97. The predicted octanol–water partition coefficient (Wildman–Crippen LogP) is 6.26. The maximum absolute atomic E-state index is 13.2. The molecule has 0 bridgehead atoms. The molecule has 2 aliphatic heterocycles. The molecule has 1 fully saturated rings. The first-order valence-electron chi connectivity index (χ1n) is 11.8. The second-order valence-electron chi connectivity index (χ2n) is 8.94. The number of rotatable bonds is 4. The maximum atomic E-state index is 13.2. The van der Waals surface area contributed by atoms with Crippen LogP contribution in [-0.4, -0.2) is 33.8 Å². The third-order valence-electron chi connectivity index (χ3n) is 6.57. The van der Waals surface area contributed by atoms with E-state index in [0.29, 0.717) is 18.1 Å². The Balaban J connectivity index is 1.27. The van der Waals surface area contributed by atoms with Gasteiger partial charge in [0.2, 0.25) is 0 Å². The predicted molar refractivity (Wildman–Crippen MR) is 142 cm³/mol. The van der Waals surface area contributed by atoms with E-state index in [9.17, 15) is 9.59 Å². The number of aryl methyl sites for hydroxylation is 1. The summed E-state index contributed by atoms with van der Waals surface area (Å²) in [6.07, 6.45) is 1.82. The van der Waals surface area contributed by atoms with Gasteiger partial charge in [-0.2, -0.15) is 0 Å². The fourth-order valence-electron chi connectivity index (χ4n) is 4.80. The van der Waals surface area contributed by atoms with Crippen molar-refractivity contribution in [1.82, 2.24) is 9.47 Å². The third kappa shape index (κ3) is 3.95. The number of imide groups is 1. The van der Waals surface area contributed by atoms with E-state index in [2.05, 4.69) is 4.57 Å². The molecule has 0 aliphatic carbocycles. The molecule has 180 valence electrons. The van der Waals surface area contributed by atoms with Gasteiger partial charge in [-0.1, -0.05) is 36.4 Å². The largest absolute Gasteiger partial charge is 0.486 e. The Bertz CT molecular complexity index is 1570. The second kappa shape index (κ2) is 8.91. The molecule has 4 aromatic rings. The first kappa shape index (κ1) is 22.5. The van der Waals surface area contributed by atoms with E-state index in [1.54, 1.807) is 0 Å². The minimum atomic E-state index is -0.262. The summed E-state index contributed by atoms with van der Waals surface area (Å²) < 4.78 is 13.5. The van der Waals surface area contributed by atoms with E-state index in [1.807, 2.05) is 86.7 Å². The molecule has 1 saturated heterocycles. The lowest BCUT2D eigenvalue weighted by atomic mass is 10.1. The first-order valence-corrected chi connectivity index (χ1v) is 12.6. The van der Waals surface area contributed by atoms with Crippen molar-refractivity contribution in [2.75, 3.05) is 13.2 Å². The Morgan fingerprint density at radius 3 is 2.50 bits per heavy atom. The molecule has 0 N–H and O–H groups in total. The normalized spacial score (nSPS) is 16.4. The van der Waals surface area contributed by atoms with Gasteiger partial charge in [-0.3, -0.25) is 14.5 Å². The van der Waals surface area contributed by atoms with Crippen LogP contribution in [0, 0.1) is 13.8 Å². The summed E-state index contributed by atoms with van der Waals surface area (Å²) in [6, 6.07) is 22.0. The zero-order valence-corrected chi connectivity index (χ0v) is 20.8. The number of thioether (sulfide) groups is 1. The number of benzene rings is 3. The molecule has 7 heteroatoms. The monoisotopic (exact) mass is 496 g/mol. The smallest absolute Gasteiger partial charge is 0.293 e. The topological polar surface area (TPSA) is 60.8 Å². The van der Waals surface area contributed by atoms with E-state index >= 15 is 0 Å². The molecule has 0 unspecified atom stereocenters. The molecule has 6 rings (SSSR count). The van der Waals surface area contributed by atoms with E-state index < -0.39 is 0 Å². The maximum Gasteiger partial charge on any atom is 0.293 e. The lowest BCUT2D eigenvalue weighted by Crippen LogP contribution is -2.27. The van der Waals surface area contributed by atoms with Gasteiger partial charge in [0.25, 0.3) is 11.1 Å². The Labute approximate surface area is 213 Å². The average molecular weight is 497 g/mol. The van der Waals surface area contributed by atoms with Crippen LogP contribution in [-0.2, 0) is 11.3 Å². The lowest BCUT2D eigenvalue weighted by molar-refractivity contribution is -0.123. The zero-order valence-electron chi connectivity index (χ0n) is 20.0. The highest BCUT2D eigenvalue weighted by Crippen LogP contribution is 2.36. The van der Waals surface area contributed by atoms with Crippen LogP contribution < -0.4 is 9.47 Å². The van der Waals surface area contributed by atoms with Crippen LogP contribution >= 0.6 is 11.8 Å². The third-order valence-corrected chi connectivity index (χ3v) is 7.48. The summed E-state index contributed by atoms with van der Waals surface area (Å²) in [5, 5.41) is 1.97. The van der Waals surface area contributed by atoms with Crippen LogP contribution in [0.15, 0.2) is 71.6 Å². The quantitative estimate of drug-likeness (QED) is 0.312. The molecule has 3 aromatic carbocycles.